The van der Waals surface area contributed by atoms with Crippen molar-refractivity contribution in [2.24, 2.45) is 5.41 Å². The fourth-order valence-corrected chi connectivity index (χ4v) is 2.77. The van der Waals surface area contributed by atoms with Gasteiger partial charge in [0.15, 0.2) is 5.78 Å². The van der Waals surface area contributed by atoms with Crippen LogP contribution in [0.2, 0.25) is 0 Å². The van der Waals surface area contributed by atoms with E-state index in [1.807, 2.05) is 26.0 Å². The normalized spacial score (nSPS) is 11.2. The van der Waals surface area contributed by atoms with E-state index in [0.717, 1.165) is 16.0 Å². The zero-order valence-electron chi connectivity index (χ0n) is 12.1. The number of thioether (sulfide) groups is 1. The molecule has 1 aromatic rings. The van der Waals surface area contributed by atoms with E-state index in [-0.39, 0.29) is 11.5 Å². The summed E-state index contributed by atoms with van der Waals surface area (Å²) < 4.78 is 4.66. The molecule has 0 aliphatic rings. The Morgan fingerprint density at radius 1 is 1.26 bits per heavy atom. The van der Waals surface area contributed by atoms with Crippen LogP contribution in [0.4, 0.5) is 0 Å². The monoisotopic (exact) mass is 280 g/mol. The Morgan fingerprint density at radius 2 is 1.89 bits per heavy atom. The van der Waals surface area contributed by atoms with Gasteiger partial charge in [-0.05, 0) is 39.3 Å². The Hall–Kier alpha value is -1.29. The lowest BCUT2D eigenvalue weighted by atomic mass is 9.89. The minimum atomic E-state index is -1.08. The van der Waals surface area contributed by atoms with Gasteiger partial charge in [0.2, 0.25) is 0 Å². The number of aryl methyl sites for hydroxylation is 2. The lowest BCUT2D eigenvalue weighted by molar-refractivity contribution is -0.154. The van der Waals surface area contributed by atoms with Crippen LogP contribution < -0.4 is 0 Å². The SMILES string of the molecule is COC(=O)C(C)(C)C(=O)CSc1cc(C)ccc1C. The maximum atomic E-state index is 12.1. The van der Waals surface area contributed by atoms with Gasteiger partial charge in [-0.3, -0.25) is 9.59 Å². The summed E-state index contributed by atoms with van der Waals surface area (Å²) in [7, 11) is 1.30. The third-order valence-corrected chi connectivity index (χ3v) is 4.25. The largest absolute Gasteiger partial charge is 0.468 e. The van der Waals surface area contributed by atoms with Gasteiger partial charge in [-0.25, -0.2) is 0 Å². The summed E-state index contributed by atoms with van der Waals surface area (Å²) >= 11 is 1.47. The van der Waals surface area contributed by atoms with Gasteiger partial charge >= 0.3 is 5.97 Å². The zero-order chi connectivity index (χ0) is 14.6. The third-order valence-electron chi connectivity index (χ3n) is 3.10. The molecule has 0 radical (unpaired) electrons. The van der Waals surface area contributed by atoms with Crippen LogP contribution in [-0.2, 0) is 14.3 Å². The Morgan fingerprint density at radius 3 is 2.47 bits per heavy atom. The number of ether oxygens (including phenoxy) is 1. The topological polar surface area (TPSA) is 43.4 Å². The van der Waals surface area contributed by atoms with E-state index in [2.05, 4.69) is 10.8 Å². The Labute approximate surface area is 118 Å². The summed E-state index contributed by atoms with van der Waals surface area (Å²) in [6.07, 6.45) is 0. The number of rotatable bonds is 5. The number of methoxy groups -OCH3 is 1. The molecule has 0 aromatic heterocycles. The van der Waals surface area contributed by atoms with E-state index in [9.17, 15) is 9.59 Å². The van der Waals surface area contributed by atoms with Crippen LogP contribution in [0.3, 0.4) is 0 Å². The fraction of sp³-hybridized carbons (Fsp3) is 0.467. The van der Waals surface area contributed by atoms with E-state index in [1.54, 1.807) is 13.8 Å². The predicted molar refractivity (Wildman–Crippen MR) is 77.4 cm³/mol. The number of Topliss-reactive ketones (excluding diaryl/α,β-unsaturated/α-hetero) is 1. The van der Waals surface area contributed by atoms with Gasteiger partial charge in [-0.1, -0.05) is 17.7 Å². The summed E-state index contributed by atoms with van der Waals surface area (Å²) in [4.78, 5) is 24.7. The molecule has 1 aromatic carbocycles. The molecule has 0 saturated heterocycles. The molecule has 0 heterocycles. The predicted octanol–water partition coefficient (Wildman–Crippen LogP) is 3.16. The van der Waals surface area contributed by atoms with Crippen molar-refractivity contribution in [1.29, 1.82) is 0 Å². The van der Waals surface area contributed by atoms with Crippen molar-refractivity contribution in [2.75, 3.05) is 12.9 Å². The highest BCUT2D eigenvalue weighted by Gasteiger charge is 2.36. The molecule has 104 valence electrons. The molecular weight excluding hydrogens is 260 g/mol. The Balaban J connectivity index is 2.74. The maximum absolute atomic E-state index is 12.1. The molecule has 0 saturated carbocycles. The molecular formula is C15H20O3S. The van der Waals surface area contributed by atoms with E-state index >= 15 is 0 Å². The van der Waals surface area contributed by atoms with Crippen LogP contribution >= 0.6 is 11.8 Å². The van der Waals surface area contributed by atoms with Crippen LogP contribution in [0.15, 0.2) is 23.1 Å². The molecule has 0 aliphatic carbocycles. The second-order valence-electron chi connectivity index (χ2n) is 5.10. The quantitative estimate of drug-likeness (QED) is 0.472. The molecule has 1 rings (SSSR count). The smallest absolute Gasteiger partial charge is 0.318 e. The first-order chi connectivity index (χ1) is 8.78. The Bertz CT molecular complexity index is 492. The minimum absolute atomic E-state index is 0.120. The van der Waals surface area contributed by atoms with Crippen molar-refractivity contribution in [3.8, 4) is 0 Å². The molecule has 4 heteroatoms. The van der Waals surface area contributed by atoms with Crippen LogP contribution in [0.25, 0.3) is 0 Å². The molecule has 0 aliphatic heterocycles. The molecule has 0 N–H and O–H groups in total. The molecule has 0 unspecified atom stereocenters. The maximum Gasteiger partial charge on any atom is 0.318 e. The Kier molecular flexibility index (Phi) is 5.18. The highest BCUT2D eigenvalue weighted by molar-refractivity contribution is 8.00. The number of carbonyl (C=O) groups is 2. The third kappa shape index (κ3) is 3.83. The van der Waals surface area contributed by atoms with Gasteiger partial charge in [0, 0.05) is 4.90 Å². The average Bonchev–Trinajstić information content (AvgIpc) is 2.38. The number of hydrogen-bond donors (Lipinski definition) is 0. The van der Waals surface area contributed by atoms with Crippen LogP contribution in [0, 0.1) is 19.3 Å². The first kappa shape index (κ1) is 15.8. The fourth-order valence-electron chi connectivity index (χ4n) is 1.56. The van der Waals surface area contributed by atoms with Crippen molar-refractivity contribution in [1.82, 2.24) is 0 Å². The van der Waals surface area contributed by atoms with Crippen molar-refractivity contribution in [2.45, 2.75) is 32.6 Å². The number of benzene rings is 1. The van der Waals surface area contributed by atoms with Gasteiger partial charge < -0.3 is 4.74 Å². The van der Waals surface area contributed by atoms with Gasteiger partial charge in [-0.15, -0.1) is 11.8 Å². The summed E-state index contributed by atoms with van der Waals surface area (Å²) in [5.74, 6) is -0.337. The van der Waals surface area contributed by atoms with Crippen molar-refractivity contribution in [3.05, 3.63) is 29.3 Å². The number of ketones is 1. The van der Waals surface area contributed by atoms with Gasteiger partial charge in [0.25, 0.3) is 0 Å². The summed E-state index contributed by atoms with van der Waals surface area (Å²) in [5, 5.41) is 0. The second-order valence-corrected chi connectivity index (χ2v) is 6.11. The van der Waals surface area contributed by atoms with Crippen molar-refractivity contribution in [3.63, 3.8) is 0 Å². The second kappa shape index (κ2) is 6.24. The van der Waals surface area contributed by atoms with Crippen molar-refractivity contribution < 1.29 is 14.3 Å². The van der Waals surface area contributed by atoms with Crippen LogP contribution in [0.5, 0.6) is 0 Å². The van der Waals surface area contributed by atoms with E-state index in [4.69, 9.17) is 0 Å². The average molecular weight is 280 g/mol. The van der Waals surface area contributed by atoms with E-state index in [0.29, 0.717) is 0 Å². The number of carbonyl (C=O) groups excluding carboxylic acids is 2. The zero-order valence-corrected chi connectivity index (χ0v) is 12.9. The van der Waals surface area contributed by atoms with E-state index in [1.165, 1.54) is 18.9 Å². The molecule has 0 atom stereocenters. The first-order valence-corrected chi connectivity index (χ1v) is 7.09. The summed E-state index contributed by atoms with van der Waals surface area (Å²) in [5.41, 5.74) is 1.21. The minimum Gasteiger partial charge on any atom is -0.468 e. The number of esters is 1. The molecule has 0 fully saturated rings. The summed E-state index contributed by atoms with van der Waals surface area (Å²) in [6.45, 7) is 7.23. The molecule has 3 nitrogen and oxygen atoms in total. The highest BCUT2D eigenvalue weighted by Crippen LogP contribution is 2.27. The van der Waals surface area contributed by atoms with Gasteiger partial charge in [0.1, 0.15) is 5.41 Å². The molecule has 0 spiro atoms. The lowest BCUT2D eigenvalue weighted by Gasteiger charge is -2.19. The van der Waals surface area contributed by atoms with Crippen molar-refractivity contribution >= 4 is 23.5 Å². The molecule has 0 amide bonds. The van der Waals surface area contributed by atoms with Crippen LogP contribution in [0.1, 0.15) is 25.0 Å². The number of hydrogen-bond acceptors (Lipinski definition) is 4. The van der Waals surface area contributed by atoms with Gasteiger partial charge in [0.05, 0.1) is 12.9 Å². The van der Waals surface area contributed by atoms with Crippen LogP contribution in [-0.4, -0.2) is 24.6 Å². The highest BCUT2D eigenvalue weighted by atomic mass is 32.2. The standard InChI is InChI=1S/C15H20O3S/c1-10-6-7-11(2)12(8-10)19-9-13(16)15(3,4)14(17)18-5/h6-8H,9H2,1-5H3. The van der Waals surface area contributed by atoms with Gasteiger partial charge in [-0.2, -0.15) is 0 Å². The van der Waals surface area contributed by atoms with E-state index < -0.39 is 11.4 Å². The first-order valence-electron chi connectivity index (χ1n) is 6.11. The summed E-state index contributed by atoms with van der Waals surface area (Å²) in [6, 6.07) is 6.13. The molecule has 0 bridgehead atoms. The lowest BCUT2D eigenvalue weighted by Crippen LogP contribution is -2.35. The molecule has 19 heavy (non-hydrogen) atoms.